The Balaban J connectivity index is 0.000000791. The van der Waals surface area contributed by atoms with E-state index in [1.54, 1.807) is 12.4 Å². The third kappa shape index (κ3) is 3.51. The van der Waals surface area contributed by atoms with Crippen molar-refractivity contribution in [3.05, 3.63) is 23.8 Å². The number of aryl methyl sites for hydroxylation is 1. The van der Waals surface area contributed by atoms with Crippen LogP contribution in [0.15, 0.2) is 12.4 Å². The van der Waals surface area contributed by atoms with Crippen molar-refractivity contribution < 1.29 is 4.74 Å². The van der Waals surface area contributed by atoms with Gasteiger partial charge in [-0.2, -0.15) is 0 Å². The maximum atomic E-state index is 7.28. The highest BCUT2D eigenvalue weighted by Crippen LogP contribution is 1.97. The van der Waals surface area contributed by atoms with Crippen LogP contribution < -0.4 is 0 Å². The molecule has 0 aromatic carbocycles. The van der Waals surface area contributed by atoms with Gasteiger partial charge in [0.1, 0.15) is 5.69 Å². The first-order chi connectivity index (χ1) is 6.77. The van der Waals surface area contributed by atoms with Gasteiger partial charge in [-0.3, -0.25) is 10.4 Å². The lowest BCUT2D eigenvalue weighted by molar-refractivity contribution is 0.399. The molecule has 0 atom stereocenters. The van der Waals surface area contributed by atoms with Gasteiger partial charge in [0.25, 0.3) is 0 Å². The zero-order chi connectivity index (χ0) is 11.0. The van der Waals surface area contributed by atoms with Crippen molar-refractivity contribution in [2.45, 2.75) is 27.2 Å². The van der Waals surface area contributed by atoms with Crippen LogP contribution in [0.5, 0.6) is 0 Å². The second kappa shape index (κ2) is 7.00. The predicted molar refractivity (Wildman–Crippen MR) is 56.6 cm³/mol. The number of ether oxygens (including phenoxy) is 1. The van der Waals surface area contributed by atoms with Crippen molar-refractivity contribution in [1.82, 2.24) is 9.97 Å². The molecule has 1 heterocycles. The van der Waals surface area contributed by atoms with E-state index in [0.29, 0.717) is 5.69 Å². The van der Waals surface area contributed by atoms with E-state index in [0.717, 1.165) is 12.1 Å². The molecule has 0 radical (unpaired) electrons. The molecule has 0 saturated carbocycles. The number of rotatable bonds is 2. The van der Waals surface area contributed by atoms with E-state index in [4.69, 9.17) is 10.1 Å². The molecule has 4 nitrogen and oxygen atoms in total. The fourth-order valence-corrected chi connectivity index (χ4v) is 0.759. The fourth-order valence-electron chi connectivity index (χ4n) is 0.759. The molecular weight excluding hydrogens is 178 g/mol. The number of hydrogen-bond acceptors (Lipinski definition) is 4. The van der Waals surface area contributed by atoms with Gasteiger partial charge in [0.2, 0.25) is 5.90 Å². The molecule has 0 amide bonds. The standard InChI is InChI=1S/C8H11N3O.C2H6/c1-3-6-4-11-7(5-10-6)8(9)12-2;1-2/h4-5,9H,3H2,1-2H3;1-2H3. The topological polar surface area (TPSA) is 58.9 Å². The van der Waals surface area contributed by atoms with Gasteiger partial charge < -0.3 is 4.74 Å². The molecule has 0 aliphatic carbocycles. The van der Waals surface area contributed by atoms with Crippen LogP contribution in [0, 0.1) is 5.41 Å². The molecule has 0 aliphatic rings. The lowest BCUT2D eigenvalue weighted by atomic mass is 10.3. The van der Waals surface area contributed by atoms with Crippen LogP contribution in [0.1, 0.15) is 32.2 Å². The van der Waals surface area contributed by atoms with Crippen molar-refractivity contribution >= 4 is 5.90 Å². The average molecular weight is 195 g/mol. The van der Waals surface area contributed by atoms with Crippen LogP contribution in [0.25, 0.3) is 0 Å². The Bertz CT molecular complexity index is 269. The Labute approximate surface area is 84.9 Å². The van der Waals surface area contributed by atoms with Gasteiger partial charge >= 0.3 is 0 Å². The number of hydrogen-bond donors (Lipinski definition) is 1. The molecule has 0 saturated heterocycles. The smallest absolute Gasteiger partial charge is 0.233 e. The molecule has 14 heavy (non-hydrogen) atoms. The largest absolute Gasteiger partial charge is 0.480 e. The van der Waals surface area contributed by atoms with Crippen LogP contribution in [0.2, 0.25) is 0 Å². The van der Waals surface area contributed by atoms with Crippen LogP contribution >= 0.6 is 0 Å². The summed E-state index contributed by atoms with van der Waals surface area (Å²) in [6, 6.07) is 0. The van der Waals surface area contributed by atoms with Crippen LogP contribution in [0.3, 0.4) is 0 Å². The van der Waals surface area contributed by atoms with Gasteiger partial charge in [0, 0.05) is 6.20 Å². The molecule has 0 spiro atoms. The minimum absolute atomic E-state index is 0.0464. The minimum Gasteiger partial charge on any atom is -0.480 e. The third-order valence-corrected chi connectivity index (χ3v) is 1.50. The number of nitrogens with zero attached hydrogens (tertiary/aromatic N) is 2. The van der Waals surface area contributed by atoms with Crippen molar-refractivity contribution in [3.8, 4) is 0 Å². The SMILES string of the molecule is CC.CCc1cnc(C(=N)OC)cn1. The highest BCUT2D eigenvalue weighted by Gasteiger charge is 2.01. The Morgan fingerprint density at radius 1 is 1.36 bits per heavy atom. The van der Waals surface area contributed by atoms with Crippen LogP contribution in [-0.4, -0.2) is 23.0 Å². The molecule has 4 heteroatoms. The summed E-state index contributed by atoms with van der Waals surface area (Å²) in [5.41, 5.74) is 1.39. The molecule has 1 rings (SSSR count). The number of aromatic nitrogens is 2. The molecular formula is C10H17N3O. The predicted octanol–water partition coefficient (Wildman–Crippen LogP) is 2.04. The molecule has 1 aromatic rings. The fraction of sp³-hybridized carbons (Fsp3) is 0.500. The molecule has 0 aliphatic heterocycles. The highest BCUT2D eigenvalue weighted by molar-refractivity contribution is 5.88. The van der Waals surface area contributed by atoms with Gasteiger partial charge in [-0.05, 0) is 6.42 Å². The summed E-state index contributed by atoms with van der Waals surface area (Å²) in [5.74, 6) is 0.0464. The summed E-state index contributed by atoms with van der Waals surface area (Å²) < 4.78 is 4.69. The van der Waals surface area contributed by atoms with Crippen molar-refractivity contribution in [3.63, 3.8) is 0 Å². The van der Waals surface area contributed by atoms with Gasteiger partial charge in [-0.15, -0.1) is 0 Å². The molecule has 0 fully saturated rings. The van der Waals surface area contributed by atoms with Gasteiger partial charge in [0.05, 0.1) is 19.0 Å². The monoisotopic (exact) mass is 195 g/mol. The molecule has 0 bridgehead atoms. The second-order valence-electron chi connectivity index (χ2n) is 2.28. The zero-order valence-corrected chi connectivity index (χ0v) is 9.16. The summed E-state index contributed by atoms with van der Waals surface area (Å²) in [6.45, 7) is 6.01. The lowest BCUT2D eigenvalue weighted by Crippen LogP contribution is -2.05. The Kier molecular flexibility index (Phi) is 6.28. The minimum atomic E-state index is 0.0464. The first-order valence-electron chi connectivity index (χ1n) is 4.71. The lowest BCUT2D eigenvalue weighted by Gasteiger charge is -2.00. The average Bonchev–Trinajstić information content (AvgIpc) is 2.31. The van der Waals surface area contributed by atoms with E-state index in [9.17, 15) is 0 Å². The Morgan fingerprint density at radius 3 is 2.36 bits per heavy atom. The maximum absolute atomic E-state index is 7.28. The van der Waals surface area contributed by atoms with Crippen molar-refractivity contribution in [2.24, 2.45) is 0 Å². The first-order valence-corrected chi connectivity index (χ1v) is 4.71. The van der Waals surface area contributed by atoms with E-state index in [1.165, 1.54) is 7.11 Å². The number of nitrogens with one attached hydrogen (secondary N) is 1. The van der Waals surface area contributed by atoms with Gasteiger partial charge in [-0.25, -0.2) is 4.98 Å². The molecule has 1 N–H and O–H groups in total. The number of methoxy groups -OCH3 is 1. The van der Waals surface area contributed by atoms with Gasteiger partial charge in [-0.1, -0.05) is 20.8 Å². The zero-order valence-electron chi connectivity index (χ0n) is 9.16. The third-order valence-electron chi connectivity index (χ3n) is 1.50. The summed E-state index contributed by atoms with van der Waals surface area (Å²) in [4.78, 5) is 8.09. The first kappa shape index (κ1) is 12.6. The van der Waals surface area contributed by atoms with E-state index in [2.05, 4.69) is 9.97 Å². The molecule has 0 unspecified atom stereocenters. The van der Waals surface area contributed by atoms with Crippen molar-refractivity contribution in [2.75, 3.05) is 7.11 Å². The quantitative estimate of drug-likeness (QED) is 0.580. The molecule has 78 valence electrons. The summed E-state index contributed by atoms with van der Waals surface area (Å²) >= 11 is 0. The Hall–Kier alpha value is -1.45. The van der Waals surface area contributed by atoms with Crippen LogP contribution in [0.4, 0.5) is 0 Å². The normalized spacial score (nSPS) is 8.57. The van der Waals surface area contributed by atoms with Gasteiger partial charge in [0.15, 0.2) is 0 Å². The van der Waals surface area contributed by atoms with Crippen LogP contribution in [-0.2, 0) is 11.2 Å². The second-order valence-corrected chi connectivity index (χ2v) is 2.28. The summed E-state index contributed by atoms with van der Waals surface area (Å²) in [7, 11) is 1.44. The highest BCUT2D eigenvalue weighted by atomic mass is 16.5. The summed E-state index contributed by atoms with van der Waals surface area (Å²) in [6.07, 6.45) is 4.06. The maximum Gasteiger partial charge on any atom is 0.233 e. The molecule has 1 aromatic heterocycles. The van der Waals surface area contributed by atoms with E-state index in [1.807, 2.05) is 20.8 Å². The van der Waals surface area contributed by atoms with E-state index >= 15 is 0 Å². The van der Waals surface area contributed by atoms with Crippen molar-refractivity contribution in [1.29, 1.82) is 5.41 Å². The van der Waals surface area contributed by atoms with E-state index < -0.39 is 0 Å². The summed E-state index contributed by atoms with van der Waals surface area (Å²) in [5, 5.41) is 7.28. The van der Waals surface area contributed by atoms with E-state index in [-0.39, 0.29) is 5.90 Å². The Morgan fingerprint density at radius 2 is 2.00 bits per heavy atom.